The highest BCUT2D eigenvalue weighted by molar-refractivity contribution is 7.90. The number of amides is 2. The third kappa shape index (κ3) is 6.46. The number of halogens is 5. The van der Waals surface area contributed by atoms with Crippen molar-refractivity contribution in [3.8, 4) is 0 Å². The van der Waals surface area contributed by atoms with Gasteiger partial charge in [0.15, 0.2) is 9.84 Å². The van der Waals surface area contributed by atoms with Crippen molar-refractivity contribution in [3.05, 3.63) is 88.2 Å². The van der Waals surface area contributed by atoms with Crippen molar-refractivity contribution < 1.29 is 35.6 Å². The third-order valence-electron chi connectivity index (χ3n) is 7.12. The lowest BCUT2D eigenvalue weighted by Crippen LogP contribution is -2.49. The normalized spacial score (nSPS) is 17.4. The molecule has 8 nitrogen and oxygen atoms in total. The van der Waals surface area contributed by atoms with Crippen LogP contribution in [0.1, 0.15) is 21.5 Å². The number of hydrogen-bond donors (Lipinski definition) is 2. The maximum absolute atomic E-state index is 14.1. The summed E-state index contributed by atoms with van der Waals surface area (Å²) in [5, 5.41) is 5.47. The molecule has 5 rings (SSSR count). The SMILES string of the molecule is O=C1Nc2cc(C(=O)N3CCN(c4cccc(C(F)(F)F)c4)CC3)ccc2N[C@H]1CS(=O)(=O)Cc1c(F)cccc1Cl. The maximum atomic E-state index is 14.1. The third-order valence-corrected chi connectivity index (χ3v) is 9.05. The highest BCUT2D eigenvalue weighted by Crippen LogP contribution is 2.33. The molecule has 0 unspecified atom stereocenters. The van der Waals surface area contributed by atoms with E-state index in [9.17, 15) is 35.6 Å². The van der Waals surface area contributed by atoms with Crippen molar-refractivity contribution in [2.75, 3.05) is 47.5 Å². The predicted octanol–water partition coefficient (Wildman–Crippen LogP) is 4.81. The Morgan fingerprint density at radius 3 is 2.38 bits per heavy atom. The van der Waals surface area contributed by atoms with Crippen LogP contribution in [0, 0.1) is 5.82 Å². The molecule has 2 amide bonds. The fourth-order valence-electron chi connectivity index (χ4n) is 4.93. The van der Waals surface area contributed by atoms with E-state index in [4.69, 9.17) is 11.6 Å². The van der Waals surface area contributed by atoms with E-state index in [2.05, 4.69) is 10.6 Å². The molecule has 42 heavy (non-hydrogen) atoms. The van der Waals surface area contributed by atoms with Gasteiger partial charge in [0.1, 0.15) is 11.9 Å². The minimum absolute atomic E-state index is 0.0285. The number of nitrogens with one attached hydrogen (secondary N) is 2. The van der Waals surface area contributed by atoms with Gasteiger partial charge in [-0.1, -0.05) is 23.7 Å². The van der Waals surface area contributed by atoms with Gasteiger partial charge < -0.3 is 20.4 Å². The Morgan fingerprint density at radius 2 is 1.69 bits per heavy atom. The lowest BCUT2D eigenvalue weighted by molar-refractivity contribution is -0.137. The molecule has 0 aromatic heterocycles. The molecule has 0 radical (unpaired) electrons. The first kappa shape index (κ1) is 29.6. The first-order chi connectivity index (χ1) is 19.8. The topological polar surface area (TPSA) is 98.8 Å². The van der Waals surface area contributed by atoms with E-state index in [0.29, 0.717) is 30.2 Å². The zero-order valence-electron chi connectivity index (χ0n) is 21.9. The largest absolute Gasteiger partial charge is 0.416 e. The molecular weight excluding hydrogens is 600 g/mol. The zero-order chi connectivity index (χ0) is 30.2. The van der Waals surface area contributed by atoms with Gasteiger partial charge in [0.05, 0.1) is 28.4 Å². The van der Waals surface area contributed by atoms with Crippen molar-refractivity contribution in [2.45, 2.75) is 18.0 Å². The van der Waals surface area contributed by atoms with E-state index in [1.54, 1.807) is 21.9 Å². The average molecular weight is 625 g/mol. The monoisotopic (exact) mass is 624 g/mol. The van der Waals surface area contributed by atoms with Gasteiger partial charge in [-0.15, -0.1) is 0 Å². The lowest BCUT2D eigenvalue weighted by Gasteiger charge is -2.36. The van der Waals surface area contributed by atoms with Gasteiger partial charge in [-0.05, 0) is 48.5 Å². The standard InChI is InChI=1S/C28H25ClF4N4O4S/c29-21-5-2-6-22(30)20(21)15-42(40,41)16-25-26(38)35-24-13-17(7-8-23(24)34-25)27(39)37-11-9-36(10-12-37)19-4-1-3-18(14-19)28(31,32)33/h1-8,13-14,25,34H,9-12,15-16H2,(H,35,38)/t25-/m0/s1. The number of hydrogen-bond acceptors (Lipinski definition) is 6. The number of rotatable bonds is 6. The Hall–Kier alpha value is -3.84. The molecule has 0 aliphatic carbocycles. The van der Waals surface area contributed by atoms with Crippen LogP contribution in [0.4, 0.5) is 34.6 Å². The second-order valence-corrected chi connectivity index (χ2v) is 12.5. The van der Waals surface area contributed by atoms with Crippen molar-refractivity contribution in [1.82, 2.24) is 4.90 Å². The van der Waals surface area contributed by atoms with Gasteiger partial charge in [0, 0.05) is 48.0 Å². The molecule has 1 fully saturated rings. The minimum Gasteiger partial charge on any atom is -0.371 e. The van der Waals surface area contributed by atoms with Crippen molar-refractivity contribution >= 4 is 50.3 Å². The summed E-state index contributed by atoms with van der Waals surface area (Å²) in [4.78, 5) is 29.3. The molecule has 2 aliphatic rings. The second kappa shape index (κ2) is 11.4. The van der Waals surface area contributed by atoms with Crippen LogP contribution in [0.25, 0.3) is 0 Å². The minimum atomic E-state index is -4.45. The number of sulfone groups is 1. The zero-order valence-corrected chi connectivity index (χ0v) is 23.5. The van der Waals surface area contributed by atoms with Crippen LogP contribution in [0.5, 0.6) is 0 Å². The van der Waals surface area contributed by atoms with Crippen LogP contribution >= 0.6 is 11.6 Å². The smallest absolute Gasteiger partial charge is 0.371 e. The Balaban J connectivity index is 1.22. The molecule has 0 saturated carbocycles. The average Bonchev–Trinajstić information content (AvgIpc) is 2.94. The molecule has 2 heterocycles. The first-order valence-electron chi connectivity index (χ1n) is 12.9. The Kier molecular flexibility index (Phi) is 8.08. The van der Waals surface area contributed by atoms with Gasteiger partial charge in [0.25, 0.3) is 5.91 Å². The number of carbonyl (C=O) groups is 2. The molecule has 14 heteroatoms. The molecule has 3 aromatic rings. The van der Waals surface area contributed by atoms with Gasteiger partial charge in [-0.25, -0.2) is 12.8 Å². The molecule has 1 atom stereocenters. The molecule has 0 bridgehead atoms. The fourth-order valence-corrected chi connectivity index (χ4v) is 6.83. The van der Waals surface area contributed by atoms with E-state index in [1.165, 1.54) is 30.3 Å². The number of alkyl halides is 3. The van der Waals surface area contributed by atoms with Crippen LogP contribution < -0.4 is 15.5 Å². The summed E-state index contributed by atoms with van der Waals surface area (Å²) < 4.78 is 78.9. The molecule has 1 saturated heterocycles. The molecular formula is C28H25ClF4N4O4S. The number of anilines is 3. The summed E-state index contributed by atoms with van der Waals surface area (Å²) in [6, 6.07) is 12.3. The summed E-state index contributed by atoms with van der Waals surface area (Å²) in [7, 11) is -3.95. The van der Waals surface area contributed by atoms with Crippen molar-refractivity contribution in [1.29, 1.82) is 0 Å². The predicted molar refractivity (Wildman–Crippen MR) is 151 cm³/mol. The van der Waals surface area contributed by atoms with Crippen LogP contribution in [0.2, 0.25) is 5.02 Å². The number of nitrogens with zero attached hydrogens (tertiary/aromatic N) is 2. The number of carbonyl (C=O) groups excluding carboxylic acids is 2. The highest BCUT2D eigenvalue weighted by atomic mass is 35.5. The van der Waals surface area contributed by atoms with Crippen LogP contribution in [0.3, 0.4) is 0 Å². The molecule has 222 valence electrons. The first-order valence-corrected chi connectivity index (χ1v) is 15.1. The second-order valence-electron chi connectivity index (χ2n) is 10.0. The van der Waals surface area contributed by atoms with Crippen LogP contribution in [-0.2, 0) is 26.6 Å². The van der Waals surface area contributed by atoms with Crippen molar-refractivity contribution in [2.24, 2.45) is 0 Å². The summed E-state index contributed by atoms with van der Waals surface area (Å²) >= 11 is 5.96. The van der Waals surface area contributed by atoms with Gasteiger partial charge in [0.2, 0.25) is 5.91 Å². The number of piperazine rings is 1. The van der Waals surface area contributed by atoms with Crippen LogP contribution in [0.15, 0.2) is 60.7 Å². The number of benzene rings is 3. The van der Waals surface area contributed by atoms with Gasteiger partial charge >= 0.3 is 6.18 Å². The van der Waals surface area contributed by atoms with E-state index in [-0.39, 0.29) is 35.1 Å². The molecule has 0 spiro atoms. The highest BCUT2D eigenvalue weighted by Gasteiger charge is 2.33. The summed E-state index contributed by atoms with van der Waals surface area (Å²) in [5.74, 6) is -3.00. The summed E-state index contributed by atoms with van der Waals surface area (Å²) in [6.45, 7) is 1.24. The summed E-state index contributed by atoms with van der Waals surface area (Å²) in [5.41, 5.74) is 0.493. The Labute approximate surface area is 244 Å². The van der Waals surface area contributed by atoms with E-state index in [1.807, 2.05) is 0 Å². The van der Waals surface area contributed by atoms with Crippen molar-refractivity contribution in [3.63, 3.8) is 0 Å². The fraction of sp³-hybridized carbons (Fsp3) is 0.286. The lowest BCUT2D eigenvalue weighted by atomic mass is 10.1. The van der Waals surface area contributed by atoms with Gasteiger partial charge in [-0.3, -0.25) is 9.59 Å². The quantitative estimate of drug-likeness (QED) is 0.382. The van der Waals surface area contributed by atoms with E-state index in [0.717, 1.165) is 18.2 Å². The maximum Gasteiger partial charge on any atom is 0.416 e. The molecule has 2 aliphatic heterocycles. The number of fused-ring (bicyclic) bond motifs is 1. The Morgan fingerprint density at radius 1 is 0.976 bits per heavy atom. The Bertz CT molecular complexity index is 1620. The molecule has 3 aromatic carbocycles. The molecule has 2 N–H and O–H groups in total. The summed E-state index contributed by atoms with van der Waals surface area (Å²) in [6.07, 6.45) is -4.45. The van der Waals surface area contributed by atoms with Gasteiger partial charge in [-0.2, -0.15) is 13.2 Å². The van der Waals surface area contributed by atoms with Crippen LogP contribution in [-0.4, -0.2) is 63.1 Å². The van der Waals surface area contributed by atoms with E-state index < -0.39 is 50.8 Å². The van der Waals surface area contributed by atoms with E-state index >= 15 is 0 Å².